The summed E-state index contributed by atoms with van der Waals surface area (Å²) in [6.07, 6.45) is -4.13. The summed E-state index contributed by atoms with van der Waals surface area (Å²) in [5.74, 6) is 0. The van der Waals surface area contributed by atoms with Gasteiger partial charge in [0.25, 0.3) is 12.0 Å². The van der Waals surface area contributed by atoms with Gasteiger partial charge in [0.15, 0.2) is 6.23 Å². The molecule has 1 aromatic heterocycles. The van der Waals surface area contributed by atoms with Gasteiger partial charge in [-0.15, -0.1) is 0 Å². The molecule has 1 aliphatic rings. The highest BCUT2D eigenvalue weighted by Crippen LogP contribution is 2.27. The number of aromatic nitrogens is 2. The normalized spacial score (nSPS) is 28.5. The van der Waals surface area contributed by atoms with Gasteiger partial charge in [0.05, 0.1) is 12.2 Å². The maximum absolute atomic E-state index is 11.8. The second kappa shape index (κ2) is 6.18. The third-order valence-electron chi connectivity index (χ3n) is 3.14. The van der Waals surface area contributed by atoms with Crippen LogP contribution < -0.4 is 11.2 Å². The van der Waals surface area contributed by atoms with Crippen molar-refractivity contribution in [2.24, 2.45) is 0 Å². The van der Waals surface area contributed by atoms with E-state index < -0.39 is 42.4 Å². The van der Waals surface area contributed by atoms with Crippen LogP contribution in [0.5, 0.6) is 0 Å². The Morgan fingerprint density at radius 2 is 2.10 bits per heavy atom. The molecular weight excluding hydrogens is 288 g/mol. The highest BCUT2D eigenvalue weighted by atomic mass is 16.6. The Kier molecular flexibility index (Phi) is 4.53. The zero-order valence-corrected chi connectivity index (χ0v) is 10.7. The van der Waals surface area contributed by atoms with Gasteiger partial charge < -0.3 is 24.8 Å². The van der Waals surface area contributed by atoms with Crippen LogP contribution in [0.1, 0.15) is 11.8 Å². The van der Waals surface area contributed by atoms with Crippen molar-refractivity contribution in [1.29, 1.82) is 0 Å². The van der Waals surface area contributed by atoms with Crippen molar-refractivity contribution in [3.63, 3.8) is 0 Å². The molecule has 0 saturated carbocycles. The lowest BCUT2D eigenvalue weighted by molar-refractivity contribution is -0.129. The quantitative estimate of drug-likeness (QED) is 0.416. The number of carbonyl (C=O) groups excluding carboxylic acids is 1. The first-order valence-corrected chi connectivity index (χ1v) is 6.01. The lowest BCUT2D eigenvalue weighted by Gasteiger charge is -2.17. The molecule has 10 heteroatoms. The van der Waals surface area contributed by atoms with Crippen molar-refractivity contribution >= 4 is 6.47 Å². The summed E-state index contributed by atoms with van der Waals surface area (Å²) in [5.41, 5.74) is -1.66. The summed E-state index contributed by atoms with van der Waals surface area (Å²) in [6, 6.07) is 0. The Morgan fingerprint density at radius 3 is 2.67 bits per heavy atom. The number of nitrogens with zero attached hydrogens (tertiary/aromatic N) is 1. The fraction of sp³-hybridized carbons (Fsp3) is 0.545. The molecule has 10 nitrogen and oxygen atoms in total. The van der Waals surface area contributed by atoms with Crippen molar-refractivity contribution in [1.82, 2.24) is 9.55 Å². The van der Waals surface area contributed by atoms with Crippen molar-refractivity contribution in [2.45, 2.75) is 31.1 Å². The lowest BCUT2D eigenvalue weighted by Crippen LogP contribution is -2.39. The van der Waals surface area contributed by atoms with Gasteiger partial charge >= 0.3 is 5.69 Å². The molecular formula is C11H14N2O8. The Balaban J connectivity index is 2.37. The van der Waals surface area contributed by atoms with Gasteiger partial charge in [-0.1, -0.05) is 0 Å². The molecule has 0 bridgehead atoms. The van der Waals surface area contributed by atoms with E-state index in [-0.39, 0.29) is 18.6 Å². The zero-order chi connectivity index (χ0) is 15.6. The fourth-order valence-electron chi connectivity index (χ4n) is 2.05. The molecule has 0 amide bonds. The molecule has 1 aromatic rings. The topological polar surface area (TPSA) is 151 Å². The van der Waals surface area contributed by atoms with Crippen LogP contribution in [0.3, 0.4) is 0 Å². The van der Waals surface area contributed by atoms with Gasteiger partial charge in [-0.05, 0) is 0 Å². The van der Waals surface area contributed by atoms with E-state index in [9.17, 15) is 24.6 Å². The van der Waals surface area contributed by atoms with Crippen molar-refractivity contribution in [2.75, 3.05) is 6.61 Å². The van der Waals surface area contributed by atoms with Crippen LogP contribution in [0.4, 0.5) is 0 Å². The van der Waals surface area contributed by atoms with Gasteiger partial charge in [0, 0.05) is 6.20 Å². The fourth-order valence-corrected chi connectivity index (χ4v) is 2.05. The molecule has 4 unspecified atom stereocenters. The molecule has 0 spiro atoms. The molecule has 0 aromatic carbocycles. The molecule has 4 atom stereocenters. The summed E-state index contributed by atoms with van der Waals surface area (Å²) < 4.78 is 10.5. The highest BCUT2D eigenvalue weighted by Gasteiger charge is 2.43. The van der Waals surface area contributed by atoms with Gasteiger partial charge in [-0.25, -0.2) is 4.79 Å². The number of aromatic amines is 1. The molecule has 0 radical (unpaired) electrons. The van der Waals surface area contributed by atoms with E-state index in [2.05, 4.69) is 4.74 Å². The van der Waals surface area contributed by atoms with Gasteiger partial charge in [-0.2, -0.15) is 0 Å². The first-order valence-electron chi connectivity index (χ1n) is 6.01. The SMILES string of the molecule is O=COCc1cn(C2OC(CO)C(O)C2O)c(=O)[nH]c1=O. The number of rotatable bonds is 5. The summed E-state index contributed by atoms with van der Waals surface area (Å²) >= 11 is 0. The standard InChI is InChI=1S/C11H14N2O8/c14-2-6-7(16)8(17)10(21-6)13-1-5(3-20-4-15)9(18)12-11(13)19/h1,4,6-8,10,14,16-17H,2-3H2,(H,12,18,19). The largest absolute Gasteiger partial charge is 0.463 e. The van der Waals surface area contributed by atoms with E-state index >= 15 is 0 Å². The number of carbonyl (C=O) groups is 1. The van der Waals surface area contributed by atoms with Crippen molar-refractivity contribution in [3.05, 3.63) is 32.6 Å². The van der Waals surface area contributed by atoms with Gasteiger partial charge in [0.2, 0.25) is 0 Å². The Morgan fingerprint density at radius 1 is 1.38 bits per heavy atom. The van der Waals surface area contributed by atoms with E-state index in [1.165, 1.54) is 0 Å². The first kappa shape index (κ1) is 15.4. The van der Waals surface area contributed by atoms with E-state index in [4.69, 9.17) is 9.84 Å². The molecule has 116 valence electrons. The monoisotopic (exact) mass is 302 g/mol. The minimum Gasteiger partial charge on any atom is -0.463 e. The van der Waals surface area contributed by atoms with Crippen LogP contribution in [0.25, 0.3) is 0 Å². The second-order valence-electron chi connectivity index (χ2n) is 4.46. The molecule has 1 saturated heterocycles. The summed E-state index contributed by atoms with van der Waals surface area (Å²) in [6.45, 7) is -0.775. The molecule has 1 fully saturated rings. The Hall–Kier alpha value is -2.01. The molecule has 4 N–H and O–H groups in total. The van der Waals surface area contributed by atoms with E-state index in [1.807, 2.05) is 4.98 Å². The number of nitrogens with one attached hydrogen (secondary N) is 1. The molecule has 1 aliphatic heterocycles. The van der Waals surface area contributed by atoms with E-state index in [1.54, 1.807) is 0 Å². The minimum atomic E-state index is -1.47. The number of aliphatic hydroxyl groups is 3. The molecule has 2 heterocycles. The number of ether oxygens (including phenoxy) is 2. The maximum Gasteiger partial charge on any atom is 0.330 e. The van der Waals surface area contributed by atoms with Crippen molar-refractivity contribution in [3.8, 4) is 0 Å². The number of hydrogen-bond acceptors (Lipinski definition) is 8. The molecule has 2 rings (SSSR count). The van der Waals surface area contributed by atoms with Crippen molar-refractivity contribution < 1.29 is 29.6 Å². The molecule has 21 heavy (non-hydrogen) atoms. The molecule has 0 aliphatic carbocycles. The predicted octanol–water partition coefficient (Wildman–Crippen LogP) is -3.18. The van der Waals surface area contributed by atoms with Crippen LogP contribution in [0, 0.1) is 0 Å². The predicted molar refractivity (Wildman–Crippen MR) is 65.2 cm³/mol. The van der Waals surface area contributed by atoms with E-state index in [0.717, 1.165) is 10.8 Å². The van der Waals surface area contributed by atoms with Crippen LogP contribution in [-0.4, -0.2) is 56.3 Å². The highest BCUT2D eigenvalue weighted by molar-refractivity contribution is 5.37. The minimum absolute atomic E-state index is 0.0422. The van der Waals surface area contributed by atoms with Crippen LogP contribution in [0.2, 0.25) is 0 Å². The third kappa shape index (κ3) is 2.88. The maximum atomic E-state index is 11.8. The number of H-pyrrole nitrogens is 1. The van der Waals surface area contributed by atoms with Crippen LogP contribution in [-0.2, 0) is 20.9 Å². The first-order chi connectivity index (χ1) is 9.99. The van der Waals surface area contributed by atoms with Gasteiger partial charge in [0.1, 0.15) is 24.9 Å². The Labute approximate surface area is 117 Å². The second-order valence-corrected chi connectivity index (χ2v) is 4.46. The number of hydrogen-bond donors (Lipinski definition) is 4. The van der Waals surface area contributed by atoms with Gasteiger partial charge in [-0.3, -0.25) is 19.1 Å². The summed E-state index contributed by atoms with van der Waals surface area (Å²) in [5, 5.41) is 28.5. The van der Waals surface area contributed by atoms with Crippen LogP contribution in [0.15, 0.2) is 15.8 Å². The van der Waals surface area contributed by atoms with E-state index in [0.29, 0.717) is 0 Å². The number of aliphatic hydroxyl groups excluding tert-OH is 3. The lowest BCUT2D eigenvalue weighted by atomic mass is 10.1. The summed E-state index contributed by atoms with van der Waals surface area (Å²) in [4.78, 5) is 35.4. The Bertz CT molecular complexity index is 623. The smallest absolute Gasteiger partial charge is 0.330 e. The zero-order valence-electron chi connectivity index (χ0n) is 10.7. The van der Waals surface area contributed by atoms with Crippen LogP contribution >= 0.6 is 0 Å². The summed E-state index contributed by atoms with van der Waals surface area (Å²) in [7, 11) is 0. The average molecular weight is 302 g/mol. The third-order valence-corrected chi connectivity index (χ3v) is 3.14. The average Bonchev–Trinajstić information content (AvgIpc) is 2.74.